The third kappa shape index (κ3) is 3.43. The number of furan rings is 1. The van der Waals surface area contributed by atoms with Crippen molar-refractivity contribution < 1.29 is 19.4 Å². The molecule has 4 nitrogen and oxygen atoms in total. The molecule has 0 saturated carbocycles. The van der Waals surface area contributed by atoms with Gasteiger partial charge in [-0.05, 0) is 58.4 Å². The summed E-state index contributed by atoms with van der Waals surface area (Å²) < 4.78 is 56.3. The Labute approximate surface area is 275 Å². The topological polar surface area (TPSA) is 36.5 Å². The number of nitrogens with zero attached hydrogens (tertiary/aromatic N) is 1. The van der Waals surface area contributed by atoms with E-state index in [1.54, 1.807) is 0 Å². The molecule has 0 saturated heterocycles. The Balaban J connectivity index is 1.23. The van der Waals surface area contributed by atoms with Crippen LogP contribution in [0.1, 0.15) is 5.48 Å². The molecule has 4 heterocycles. The first-order chi connectivity index (χ1) is 25.0. The van der Waals surface area contributed by atoms with Crippen LogP contribution < -0.4 is 25.9 Å². The summed E-state index contributed by atoms with van der Waals surface area (Å²) in [7, 11) is 0. The Morgan fingerprint density at radius 3 is 2.19 bits per heavy atom. The third-order valence-electron chi connectivity index (χ3n) is 9.64. The first-order valence-corrected chi connectivity index (χ1v) is 15.6. The Bertz CT molecular complexity index is 2970. The summed E-state index contributed by atoms with van der Waals surface area (Å²) in [4.78, 5) is 0. The molecule has 2 aliphatic heterocycles. The fourth-order valence-corrected chi connectivity index (χ4v) is 7.62. The molecule has 7 aromatic carbocycles. The van der Waals surface area contributed by atoms with Crippen LogP contribution in [0, 0.1) is 0 Å². The highest BCUT2D eigenvalue weighted by atomic mass is 16.5. The van der Waals surface area contributed by atoms with Gasteiger partial charge in [-0.3, -0.25) is 0 Å². The van der Waals surface area contributed by atoms with Crippen LogP contribution in [0.3, 0.4) is 0 Å². The summed E-state index contributed by atoms with van der Waals surface area (Å²) in [6.45, 7) is -0.280. The first-order valence-electron chi connectivity index (χ1n) is 17.6. The molecular formula is C42H24BNO3. The minimum atomic E-state index is -0.333. The summed E-state index contributed by atoms with van der Waals surface area (Å²) in [6.07, 6.45) is 0. The number of hydrogen-bond acceptors (Lipinski definition) is 3. The first kappa shape index (κ1) is 21.5. The SMILES string of the molecule is [2H]c1c([2H])c([2H])c2c(oc3c4c(ccc32)B2c3cc5c6ccccc6n(-c6ccccc6)c5cc3Oc3cc(-c5ccccc5)cc(c32)O4)c1[2H]. The standard InChI is InChI=1S/C42H24BNO3/c1-3-11-25(12-4-1)26-21-38-40-39(22-26)47-42-32(20-19-30-29-16-8-10-18-36(29)46-41(30)42)43(40)33-23-31-28-15-7-9-17-34(28)44(27-13-5-2-6-14-27)35(31)24-37(33)45-38/h1-24H/i8D,10D,16D,18D. The van der Waals surface area contributed by atoms with E-state index in [-0.39, 0.29) is 36.5 Å². The molecule has 2 aromatic heterocycles. The zero-order valence-corrected chi connectivity index (χ0v) is 24.8. The van der Waals surface area contributed by atoms with Gasteiger partial charge in [-0.25, -0.2) is 0 Å². The van der Waals surface area contributed by atoms with Gasteiger partial charge in [0, 0.05) is 38.8 Å². The second kappa shape index (κ2) is 9.18. The molecule has 11 rings (SSSR count). The Morgan fingerprint density at radius 2 is 1.32 bits per heavy atom. The molecule has 0 amide bonds. The van der Waals surface area contributed by atoms with Crippen LogP contribution in [0.25, 0.3) is 60.6 Å². The zero-order chi connectivity index (χ0) is 34.1. The van der Waals surface area contributed by atoms with Gasteiger partial charge in [-0.15, -0.1) is 0 Å². The van der Waals surface area contributed by atoms with Crippen LogP contribution in [-0.2, 0) is 0 Å². The van der Waals surface area contributed by atoms with E-state index in [1.165, 1.54) is 0 Å². The summed E-state index contributed by atoms with van der Waals surface area (Å²) in [5.74, 6) is 2.58. The maximum Gasteiger partial charge on any atom is 0.260 e. The van der Waals surface area contributed by atoms with Crippen LogP contribution in [-0.4, -0.2) is 11.3 Å². The lowest BCUT2D eigenvalue weighted by Gasteiger charge is -2.33. The smallest absolute Gasteiger partial charge is 0.260 e. The second-order valence-corrected chi connectivity index (χ2v) is 12.2. The largest absolute Gasteiger partial charge is 0.458 e. The highest BCUT2D eigenvalue weighted by Crippen LogP contribution is 2.43. The van der Waals surface area contributed by atoms with Crippen LogP contribution in [0.15, 0.2) is 150 Å². The maximum absolute atomic E-state index is 8.71. The van der Waals surface area contributed by atoms with Crippen LogP contribution in [0.5, 0.6) is 23.0 Å². The minimum absolute atomic E-state index is 0.111. The van der Waals surface area contributed by atoms with E-state index in [0.717, 1.165) is 60.8 Å². The van der Waals surface area contributed by atoms with Crippen LogP contribution in [0.2, 0.25) is 0 Å². The molecule has 0 aliphatic carbocycles. The number of para-hydroxylation sites is 3. The average Bonchev–Trinajstić information content (AvgIpc) is 3.72. The second-order valence-electron chi connectivity index (χ2n) is 12.2. The average molecular weight is 605 g/mol. The monoisotopic (exact) mass is 605 g/mol. The molecule has 0 radical (unpaired) electrons. The predicted molar refractivity (Wildman–Crippen MR) is 191 cm³/mol. The van der Waals surface area contributed by atoms with Crippen molar-refractivity contribution in [2.24, 2.45) is 0 Å². The maximum atomic E-state index is 8.71. The normalized spacial score (nSPS) is 14.2. The third-order valence-corrected chi connectivity index (χ3v) is 9.64. The van der Waals surface area contributed by atoms with Gasteiger partial charge in [0.2, 0.25) is 0 Å². The fourth-order valence-electron chi connectivity index (χ4n) is 7.62. The Morgan fingerprint density at radius 1 is 0.553 bits per heavy atom. The molecule has 0 fully saturated rings. The summed E-state index contributed by atoms with van der Waals surface area (Å²) >= 11 is 0. The van der Waals surface area contributed by atoms with E-state index < -0.39 is 0 Å². The van der Waals surface area contributed by atoms with Gasteiger partial charge in [0.1, 0.15) is 22.8 Å². The van der Waals surface area contributed by atoms with E-state index in [2.05, 4.69) is 83.4 Å². The summed E-state index contributed by atoms with van der Waals surface area (Å²) in [5, 5.41) is 3.15. The van der Waals surface area contributed by atoms with Crippen molar-refractivity contribution in [1.82, 2.24) is 4.57 Å². The molecule has 0 N–H and O–H groups in total. The van der Waals surface area contributed by atoms with Gasteiger partial charge >= 0.3 is 0 Å². The Hall–Kier alpha value is -6.20. The van der Waals surface area contributed by atoms with Gasteiger partial charge in [-0.1, -0.05) is 103 Å². The highest BCUT2D eigenvalue weighted by molar-refractivity contribution is 6.98. The van der Waals surface area contributed by atoms with Gasteiger partial charge in [-0.2, -0.15) is 0 Å². The lowest BCUT2D eigenvalue weighted by Crippen LogP contribution is -2.57. The molecule has 2 aliphatic rings. The number of hydrogen-bond donors (Lipinski definition) is 0. The van der Waals surface area contributed by atoms with Crippen molar-refractivity contribution in [3.05, 3.63) is 145 Å². The van der Waals surface area contributed by atoms with Crippen molar-refractivity contribution in [3.63, 3.8) is 0 Å². The van der Waals surface area contributed by atoms with E-state index in [0.29, 0.717) is 33.6 Å². The van der Waals surface area contributed by atoms with E-state index >= 15 is 0 Å². The molecule has 218 valence electrons. The van der Waals surface area contributed by atoms with Crippen molar-refractivity contribution in [1.29, 1.82) is 0 Å². The zero-order valence-electron chi connectivity index (χ0n) is 28.8. The fraction of sp³-hybridized carbons (Fsp3) is 0. The lowest BCUT2D eigenvalue weighted by molar-refractivity contribution is 0.462. The van der Waals surface area contributed by atoms with E-state index in [1.807, 2.05) is 42.5 Å². The van der Waals surface area contributed by atoms with Gasteiger partial charge in [0.15, 0.2) is 11.3 Å². The molecule has 47 heavy (non-hydrogen) atoms. The van der Waals surface area contributed by atoms with Gasteiger partial charge < -0.3 is 18.5 Å². The molecule has 9 aromatic rings. The predicted octanol–water partition coefficient (Wildman–Crippen LogP) is 9.08. The quantitative estimate of drug-likeness (QED) is 0.185. The van der Waals surface area contributed by atoms with Crippen LogP contribution >= 0.6 is 0 Å². The number of rotatable bonds is 2. The Kier molecular flexibility index (Phi) is 4.20. The molecule has 0 spiro atoms. The van der Waals surface area contributed by atoms with Crippen molar-refractivity contribution in [3.8, 4) is 39.8 Å². The van der Waals surface area contributed by atoms with Crippen LogP contribution in [0.4, 0.5) is 0 Å². The van der Waals surface area contributed by atoms with Gasteiger partial charge in [0.05, 0.1) is 16.5 Å². The van der Waals surface area contributed by atoms with Crippen molar-refractivity contribution in [2.75, 3.05) is 0 Å². The lowest BCUT2D eigenvalue weighted by atomic mass is 9.34. The molecule has 0 bridgehead atoms. The van der Waals surface area contributed by atoms with Crippen molar-refractivity contribution >= 4 is 66.8 Å². The van der Waals surface area contributed by atoms with E-state index in [9.17, 15) is 0 Å². The van der Waals surface area contributed by atoms with Crippen molar-refractivity contribution in [2.45, 2.75) is 0 Å². The molecular weight excluding hydrogens is 577 g/mol. The number of aromatic nitrogens is 1. The minimum Gasteiger partial charge on any atom is -0.458 e. The number of fused-ring (bicyclic) bond motifs is 11. The highest BCUT2D eigenvalue weighted by Gasteiger charge is 2.42. The molecule has 0 atom stereocenters. The number of benzene rings is 7. The summed E-state index contributed by atoms with van der Waals surface area (Å²) in [5.41, 5.74) is 8.42. The molecule has 0 unspecified atom stereocenters. The number of ether oxygens (including phenoxy) is 2. The summed E-state index contributed by atoms with van der Waals surface area (Å²) in [6, 6.07) is 40.3. The van der Waals surface area contributed by atoms with E-state index in [4.69, 9.17) is 19.4 Å². The molecule has 5 heteroatoms. The van der Waals surface area contributed by atoms with Gasteiger partial charge in [0.25, 0.3) is 6.71 Å².